The maximum atomic E-state index is 8.74. The average Bonchev–Trinajstić information content (AvgIpc) is 2.35. The van der Waals surface area contributed by atoms with Gasteiger partial charge < -0.3 is 15.7 Å². The Kier molecular flexibility index (Phi) is 7.09. The van der Waals surface area contributed by atoms with E-state index in [1.807, 2.05) is 0 Å². The van der Waals surface area contributed by atoms with Gasteiger partial charge >= 0.3 is 0 Å². The van der Waals surface area contributed by atoms with Gasteiger partial charge in [0.1, 0.15) is 0 Å². The van der Waals surface area contributed by atoms with E-state index in [9.17, 15) is 0 Å². The molecule has 4 unspecified atom stereocenters. The van der Waals surface area contributed by atoms with Gasteiger partial charge in [0.15, 0.2) is 0 Å². The van der Waals surface area contributed by atoms with Gasteiger partial charge in [0.2, 0.25) is 0 Å². The van der Waals surface area contributed by atoms with Crippen molar-refractivity contribution >= 4 is 0 Å². The maximum Gasteiger partial charge on any atom is 0.0471 e. The van der Waals surface area contributed by atoms with Gasteiger partial charge in [-0.25, -0.2) is 0 Å². The van der Waals surface area contributed by atoms with Gasteiger partial charge in [-0.05, 0) is 57.9 Å². The lowest BCUT2D eigenvalue weighted by Gasteiger charge is -2.25. The summed E-state index contributed by atoms with van der Waals surface area (Å²) in [7, 11) is 0. The van der Waals surface area contributed by atoms with Crippen LogP contribution in [0.4, 0.5) is 0 Å². The molecule has 2 heterocycles. The molecule has 3 nitrogen and oxygen atoms in total. The molecule has 0 aliphatic carbocycles. The van der Waals surface area contributed by atoms with Crippen molar-refractivity contribution in [2.75, 3.05) is 19.7 Å². The van der Waals surface area contributed by atoms with Crippen LogP contribution in [0.15, 0.2) is 0 Å². The van der Waals surface area contributed by atoms with Crippen molar-refractivity contribution in [2.45, 2.75) is 58.5 Å². The molecule has 0 spiro atoms. The molecule has 0 aromatic heterocycles. The van der Waals surface area contributed by atoms with E-state index in [4.69, 9.17) is 5.11 Å². The lowest BCUT2D eigenvalue weighted by molar-refractivity contribution is 0.186. The quantitative estimate of drug-likeness (QED) is 0.656. The Balaban J connectivity index is 0.000000171. The molecule has 2 rings (SSSR count). The second-order valence-corrected chi connectivity index (χ2v) is 5.93. The lowest BCUT2D eigenvalue weighted by Crippen LogP contribution is -2.38. The highest BCUT2D eigenvalue weighted by Crippen LogP contribution is 2.12. The number of rotatable bonds is 1. The first-order valence-corrected chi connectivity index (χ1v) is 7.19. The maximum absolute atomic E-state index is 8.74. The number of piperidine rings is 2. The summed E-state index contributed by atoms with van der Waals surface area (Å²) in [5.74, 6) is 1.42. The number of aliphatic hydroxyl groups is 1. The summed E-state index contributed by atoms with van der Waals surface area (Å²) in [5.41, 5.74) is 0. The number of nitrogens with one attached hydrogen (secondary N) is 2. The number of aliphatic hydroxyl groups excluding tert-OH is 1. The molecular weight excluding hydrogens is 212 g/mol. The first-order chi connectivity index (χ1) is 8.11. The summed E-state index contributed by atoms with van der Waals surface area (Å²) < 4.78 is 0. The van der Waals surface area contributed by atoms with Crippen LogP contribution in [0.25, 0.3) is 0 Å². The zero-order chi connectivity index (χ0) is 12.7. The minimum Gasteiger partial charge on any atom is -0.396 e. The van der Waals surface area contributed by atoms with Gasteiger partial charge in [0, 0.05) is 25.2 Å². The molecule has 2 aliphatic heterocycles. The third-order valence-corrected chi connectivity index (χ3v) is 3.93. The highest BCUT2D eigenvalue weighted by Gasteiger charge is 2.15. The second kappa shape index (κ2) is 8.06. The highest BCUT2D eigenvalue weighted by molar-refractivity contribution is 4.73. The van der Waals surface area contributed by atoms with Crippen molar-refractivity contribution in [1.29, 1.82) is 0 Å². The fourth-order valence-electron chi connectivity index (χ4n) is 2.35. The summed E-state index contributed by atoms with van der Waals surface area (Å²) in [6, 6.07) is 1.43. The molecule has 17 heavy (non-hydrogen) atoms. The molecule has 102 valence electrons. The lowest BCUT2D eigenvalue weighted by atomic mass is 9.96. The Bertz CT molecular complexity index is 173. The van der Waals surface area contributed by atoms with Crippen molar-refractivity contribution in [3.8, 4) is 0 Å². The van der Waals surface area contributed by atoms with Crippen LogP contribution in [-0.2, 0) is 0 Å². The molecule has 2 fully saturated rings. The average molecular weight is 242 g/mol. The first kappa shape index (κ1) is 14.9. The van der Waals surface area contributed by atoms with Crippen LogP contribution < -0.4 is 10.6 Å². The summed E-state index contributed by atoms with van der Waals surface area (Å²) in [5, 5.41) is 15.5. The topological polar surface area (TPSA) is 44.3 Å². The van der Waals surface area contributed by atoms with Crippen LogP contribution in [0.1, 0.15) is 46.5 Å². The van der Waals surface area contributed by atoms with E-state index in [2.05, 4.69) is 31.4 Å². The van der Waals surface area contributed by atoms with Crippen molar-refractivity contribution in [2.24, 2.45) is 11.8 Å². The molecule has 4 atom stereocenters. The van der Waals surface area contributed by atoms with Gasteiger partial charge in [-0.15, -0.1) is 0 Å². The molecule has 2 aliphatic rings. The Morgan fingerprint density at radius 1 is 0.882 bits per heavy atom. The molecular formula is C14H30N2O. The van der Waals surface area contributed by atoms with Gasteiger partial charge in [-0.1, -0.05) is 6.92 Å². The van der Waals surface area contributed by atoms with Crippen molar-refractivity contribution in [3.05, 3.63) is 0 Å². The Morgan fingerprint density at radius 2 is 1.47 bits per heavy atom. The third-order valence-electron chi connectivity index (χ3n) is 3.93. The Hall–Kier alpha value is -0.120. The van der Waals surface area contributed by atoms with Gasteiger partial charge in [0.05, 0.1) is 0 Å². The summed E-state index contributed by atoms with van der Waals surface area (Å²) in [4.78, 5) is 0. The molecule has 3 N–H and O–H groups in total. The van der Waals surface area contributed by atoms with Crippen molar-refractivity contribution < 1.29 is 5.11 Å². The zero-order valence-corrected chi connectivity index (χ0v) is 11.7. The fraction of sp³-hybridized carbons (Fsp3) is 1.00. The molecule has 0 amide bonds. The number of hydrogen-bond donors (Lipinski definition) is 3. The fourth-order valence-corrected chi connectivity index (χ4v) is 2.35. The van der Waals surface area contributed by atoms with Crippen LogP contribution in [0.2, 0.25) is 0 Å². The standard InChI is InChI=1S/C7H15NO.C7H15N/c1-6-2-3-7(5-9)4-8-6;1-6-3-4-7(2)8-5-6/h6-9H,2-5H2,1H3;6-8H,3-5H2,1-2H3. The van der Waals surface area contributed by atoms with Crippen molar-refractivity contribution in [3.63, 3.8) is 0 Å². The van der Waals surface area contributed by atoms with Crippen LogP contribution >= 0.6 is 0 Å². The van der Waals surface area contributed by atoms with Crippen LogP contribution in [0.5, 0.6) is 0 Å². The molecule has 0 saturated carbocycles. The van der Waals surface area contributed by atoms with E-state index in [0.29, 0.717) is 18.6 Å². The summed E-state index contributed by atoms with van der Waals surface area (Å²) >= 11 is 0. The monoisotopic (exact) mass is 242 g/mol. The molecule has 2 saturated heterocycles. The van der Waals surface area contributed by atoms with E-state index in [1.54, 1.807) is 0 Å². The van der Waals surface area contributed by atoms with E-state index in [1.165, 1.54) is 32.2 Å². The first-order valence-electron chi connectivity index (χ1n) is 7.19. The predicted molar refractivity (Wildman–Crippen MR) is 73.1 cm³/mol. The van der Waals surface area contributed by atoms with Crippen molar-refractivity contribution in [1.82, 2.24) is 10.6 Å². The number of hydrogen-bond acceptors (Lipinski definition) is 3. The SMILES string of the molecule is CC1CCC(C)NC1.CC1CCC(CO)CN1. The Labute approximate surface area is 106 Å². The zero-order valence-electron chi connectivity index (χ0n) is 11.7. The normalized spacial score (nSPS) is 38.1. The van der Waals surface area contributed by atoms with Crippen LogP contribution in [0, 0.1) is 11.8 Å². The van der Waals surface area contributed by atoms with Crippen LogP contribution in [-0.4, -0.2) is 36.9 Å². The van der Waals surface area contributed by atoms with E-state index < -0.39 is 0 Å². The van der Waals surface area contributed by atoms with Gasteiger partial charge in [-0.3, -0.25) is 0 Å². The largest absolute Gasteiger partial charge is 0.396 e. The van der Waals surface area contributed by atoms with Crippen LogP contribution in [0.3, 0.4) is 0 Å². The van der Waals surface area contributed by atoms with E-state index in [-0.39, 0.29) is 0 Å². The molecule has 0 aromatic carbocycles. The molecule has 0 bridgehead atoms. The second-order valence-electron chi connectivity index (χ2n) is 5.93. The predicted octanol–water partition coefficient (Wildman–Crippen LogP) is 1.76. The summed E-state index contributed by atoms with van der Waals surface area (Å²) in [6.45, 7) is 9.32. The highest BCUT2D eigenvalue weighted by atomic mass is 16.3. The Morgan fingerprint density at radius 3 is 1.82 bits per heavy atom. The van der Waals surface area contributed by atoms with Gasteiger partial charge in [0.25, 0.3) is 0 Å². The molecule has 0 radical (unpaired) electrons. The summed E-state index contributed by atoms with van der Waals surface area (Å²) in [6.07, 6.45) is 5.17. The van der Waals surface area contributed by atoms with E-state index >= 15 is 0 Å². The molecule has 3 heteroatoms. The van der Waals surface area contributed by atoms with E-state index in [0.717, 1.165) is 18.5 Å². The minimum absolute atomic E-state index is 0.347. The molecule has 0 aromatic rings. The van der Waals surface area contributed by atoms with Gasteiger partial charge in [-0.2, -0.15) is 0 Å². The third kappa shape index (κ3) is 6.39. The minimum atomic E-state index is 0.347. The smallest absolute Gasteiger partial charge is 0.0471 e.